The molecule has 0 aliphatic heterocycles. The number of hydrogen-bond donors (Lipinski definition) is 1. The van der Waals surface area contributed by atoms with Gasteiger partial charge in [0.2, 0.25) is 0 Å². The van der Waals surface area contributed by atoms with Gasteiger partial charge in [-0.25, -0.2) is 0 Å². The van der Waals surface area contributed by atoms with Gasteiger partial charge in [-0.15, -0.1) is 0 Å². The lowest BCUT2D eigenvalue weighted by Gasteiger charge is -2.15. The van der Waals surface area contributed by atoms with Gasteiger partial charge in [-0.2, -0.15) is 0 Å². The fourth-order valence-electron chi connectivity index (χ4n) is 2.35. The number of fused-ring (bicyclic) bond motifs is 1. The highest BCUT2D eigenvalue weighted by Gasteiger charge is 2.14. The van der Waals surface area contributed by atoms with Crippen LogP contribution in [0.25, 0.3) is 10.8 Å². The summed E-state index contributed by atoms with van der Waals surface area (Å²) in [5.74, 6) is 0. The molecule has 3 heteroatoms. The maximum Gasteiger partial charge on any atom is 0.105 e. The van der Waals surface area contributed by atoms with Crippen molar-refractivity contribution in [3.63, 3.8) is 0 Å². The Hall–Kier alpha value is -1.10. The molecule has 3 aromatic rings. The van der Waals surface area contributed by atoms with Crippen molar-refractivity contribution in [2.75, 3.05) is 0 Å². The van der Waals surface area contributed by atoms with Crippen molar-refractivity contribution in [1.82, 2.24) is 0 Å². The van der Waals surface area contributed by atoms with E-state index >= 15 is 0 Å². The van der Waals surface area contributed by atoms with Gasteiger partial charge in [0.05, 0.1) is 0 Å². The first kappa shape index (κ1) is 13.9. The number of hydrogen-bond acceptors (Lipinski definition) is 1. The molecule has 0 fully saturated rings. The van der Waals surface area contributed by atoms with Crippen LogP contribution >= 0.6 is 34.2 Å². The molecule has 0 aliphatic rings. The Kier molecular flexibility index (Phi) is 3.96. The van der Waals surface area contributed by atoms with E-state index in [1.807, 2.05) is 60.7 Å². The summed E-state index contributed by atoms with van der Waals surface area (Å²) in [5.41, 5.74) is 1.77. The molecule has 0 radical (unpaired) electrons. The van der Waals surface area contributed by atoms with E-state index in [0.29, 0.717) is 5.02 Å². The van der Waals surface area contributed by atoms with Gasteiger partial charge in [0.25, 0.3) is 0 Å². The molecule has 1 atom stereocenters. The van der Waals surface area contributed by atoms with Crippen molar-refractivity contribution < 1.29 is 5.11 Å². The Bertz CT molecular complexity index is 753. The standard InChI is InChI=1S/C17H12ClIO/c18-16-10-9-15(13-3-1-2-4-14(13)16)17(20)11-5-7-12(19)8-6-11/h1-10,17,20H. The second-order valence-electron chi connectivity index (χ2n) is 4.64. The molecule has 0 spiro atoms. The molecule has 20 heavy (non-hydrogen) atoms. The van der Waals surface area contributed by atoms with Gasteiger partial charge in [-0.05, 0) is 57.3 Å². The Morgan fingerprint density at radius 1 is 0.850 bits per heavy atom. The van der Waals surface area contributed by atoms with Gasteiger partial charge in [0.1, 0.15) is 6.10 Å². The molecule has 0 amide bonds. The Balaban J connectivity index is 2.14. The van der Waals surface area contributed by atoms with Crippen molar-refractivity contribution >= 4 is 45.0 Å². The van der Waals surface area contributed by atoms with Crippen LogP contribution in [-0.2, 0) is 0 Å². The topological polar surface area (TPSA) is 20.2 Å². The maximum absolute atomic E-state index is 10.6. The van der Waals surface area contributed by atoms with Crippen LogP contribution in [0.2, 0.25) is 5.02 Å². The molecule has 0 saturated carbocycles. The third kappa shape index (κ3) is 2.55. The summed E-state index contributed by atoms with van der Waals surface area (Å²) < 4.78 is 1.15. The molecule has 3 rings (SSSR count). The highest BCUT2D eigenvalue weighted by molar-refractivity contribution is 14.1. The van der Waals surface area contributed by atoms with E-state index in [-0.39, 0.29) is 0 Å². The highest BCUT2D eigenvalue weighted by atomic mass is 127. The Morgan fingerprint density at radius 3 is 2.20 bits per heavy atom. The summed E-state index contributed by atoms with van der Waals surface area (Å²) >= 11 is 8.47. The molecule has 3 aromatic carbocycles. The predicted molar refractivity (Wildman–Crippen MR) is 92.2 cm³/mol. The van der Waals surface area contributed by atoms with Crippen molar-refractivity contribution in [3.05, 3.63) is 80.4 Å². The minimum absolute atomic E-state index is 0.644. The minimum Gasteiger partial charge on any atom is -0.384 e. The third-order valence-corrected chi connectivity index (χ3v) is 4.43. The van der Waals surface area contributed by atoms with Crippen LogP contribution in [0.15, 0.2) is 60.7 Å². The van der Waals surface area contributed by atoms with E-state index < -0.39 is 6.10 Å². The second kappa shape index (κ2) is 5.72. The van der Waals surface area contributed by atoms with Crippen LogP contribution in [0.5, 0.6) is 0 Å². The van der Waals surface area contributed by atoms with E-state index in [4.69, 9.17) is 11.6 Å². The van der Waals surface area contributed by atoms with Gasteiger partial charge in [-0.1, -0.05) is 54.1 Å². The molecule has 0 aliphatic carbocycles. The molecule has 0 saturated heterocycles. The largest absolute Gasteiger partial charge is 0.384 e. The Labute approximate surface area is 136 Å². The molecule has 0 bridgehead atoms. The monoisotopic (exact) mass is 394 g/mol. The first-order valence-corrected chi connectivity index (χ1v) is 7.73. The SMILES string of the molecule is OC(c1ccc(I)cc1)c1ccc(Cl)c2ccccc12. The number of benzene rings is 3. The van der Waals surface area contributed by atoms with Crippen molar-refractivity contribution in [3.8, 4) is 0 Å². The molecule has 100 valence electrons. The molecule has 0 heterocycles. The smallest absolute Gasteiger partial charge is 0.105 e. The third-order valence-electron chi connectivity index (χ3n) is 3.38. The lowest BCUT2D eigenvalue weighted by atomic mass is 9.96. The predicted octanol–water partition coefficient (Wildman–Crippen LogP) is 5.18. The lowest BCUT2D eigenvalue weighted by molar-refractivity contribution is 0.222. The van der Waals surface area contributed by atoms with Crippen LogP contribution in [0, 0.1) is 3.57 Å². The average Bonchev–Trinajstić information content (AvgIpc) is 2.48. The fourth-order valence-corrected chi connectivity index (χ4v) is 2.94. The zero-order valence-electron chi connectivity index (χ0n) is 10.6. The molecule has 1 N–H and O–H groups in total. The summed E-state index contributed by atoms with van der Waals surface area (Å²) in [6.07, 6.45) is -0.644. The molecule has 1 unspecified atom stereocenters. The molecular weight excluding hydrogens is 383 g/mol. The lowest BCUT2D eigenvalue weighted by Crippen LogP contribution is -2.00. The first-order chi connectivity index (χ1) is 9.66. The van der Waals surface area contributed by atoms with Crippen molar-refractivity contribution in [1.29, 1.82) is 0 Å². The van der Waals surface area contributed by atoms with E-state index in [1.165, 1.54) is 0 Å². The maximum atomic E-state index is 10.6. The first-order valence-electron chi connectivity index (χ1n) is 6.27. The number of aliphatic hydroxyl groups is 1. The van der Waals surface area contributed by atoms with Gasteiger partial charge in [0, 0.05) is 14.0 Å². The zero-order valence-corrected chi connectivity index (χ0v) is 13.5. The summed E-state index contributed by atoms with van der Waals surface area (Å²) in [5, 5.41) is 13.3. The summed E-state index contributed by atoms with van der Waals surface area (Å²) in [7, 11) is 0. The fraction of sp³-hybridized carbons (Fsp3) is 0.0588. The van der Waals surface area contributed by atoms with Crippen LogP contribution in [-0.4, -0.2) is 5.11 Å². The second-order valence-corrected chi connectivity index (χ2v) is 6.29. The van der Waals surface area contributed by atoms with Crippen LogP contribution in [0.3, 0.4) is 0 Å². The normalized spacial score (nSPS) is 12.6. The molecule has 1 nitrogen and oxygen atoms in total. The minimum atomic E-state index is -0.644. The summed E-state index contributed by atoms with van der Waals surface area (Å²) in [6.45, 7) is 0. The van der Waals surface area contributed by atoms with E-state index in [1.54, 1.807) is 0 Å². The molecular formula is C17H12ClIO. The summed E-state index contributed by atoms with van der Waals surface area (Å²) in [4.78, 5) is 0. The van der Waals surface area contributed by atoms with Crippen molar-refractivity contribution in [2.45, 2.75) is 6.10 Å². The zero-order chi connectivity index (χ0) is 14.1. The quantitative estimate of drug-likeness (QED) is 0.594. The number of rotatable bonds is 2. The van der Waals surface area contributed by atoms with E-state index in [2.05, 4.69) is 22.6 Å². The van der Waals surface area contributed by atoms with Gasteiger partial charge in [-0.3, -0.25) is 0 Å². The van der Waals surface area contributed by atoms with Gasteiger partial charge >= 0.3 is 0 Å². The van der Waals surface area contributed by atoms with Gasteiger partial charge in [0.15, 0.2) is 0 Å². The average molecular weight is 395 g/mol. The van der Waals surface area contributed by atoms with Gasteiger partial charge < -0.3 is 5.11 Å². The van der Waals surface area contributed by atoms with Crippen LogP contribution in [0.1, 0.15) is 17.2 Å². The molecule has 0 aromatic heterocycles. The van der Waals surface area contributed by atoms with E-state index in [0.717, 1.165) is 25.5 Å². The van der Waals surface area contributed by atoms with Crippen molar-refractivity contribution in [2.24, 2.45) is 0 Å². The van der Waals surface area contributed by atoms with E-state index in [9.17, 15) is 5.11 Å². The van der Waals surface area contributed by atoms with Crippen LogP contribution < -0.4 is 0 Å². The number of aliphatic hydroxyl groups excluding tert-OH is 1. The highest BCUT2D eigenvalue weighted by Crippen LogP contribution is 2.32. The number of halogens is 2. The Morgan fingerprint density at radius 2 is 1.50 bits per heavy atom. The summed E-state index contributed by atoms with van der Waals surface area (Å²) in [6, 6.07) is 19.5. The van der Waals surface area contributed by atoms with Crippen LogP contribution in [0.4, 0.5) is 0 Å².